The minimum Gasteiger partial charge on any atom is -0.269 e. The lowest BCUT2D eigenvalue weighted by Crippen LogP contribution is -2.03. The number of halogens is 2. The third kappa shape index (κ3) is 2.57. The van der Waals surface area contributed by atoms with Crippen molar-refractivity contribution >= 4 is 44.3 Å². The smallest absolute Gasteiger partial charge is 0.269 e. The number of alkyl halides is 2. The molecule has 4 nitrogen and oxygen atoms in total. The van der Waals surface area contributed by atoms with Crippen LogP contribution < -0.4 is 0 Å². The number of thiophene rings is 1. The Morgan fingerprint density at radius 3 is 2.91 bits per heavy atom. The molecule has 23 heavy (non-hydrogen) atoms. The summed E-state index contributed by atoms with van der Waals surface area (Å²) in [7, 11) is 0. The van der Waals surface area contributed by atoms with Crippen LogP contribution in [0.25, 0.3) is 21.3 Å². The minimum absolute atomic E-state index is 0.320. The van der Waals surface area contributed by atoms with Gasteiger partial charge >= 0.3 is 6.55 Å². The molecular weight excluding hydrogens is 338 g/mol. The Kier molecular flexibility index (Phi) is 3.70. The lowest BCUT2D eigenvalue weighted by atomic mass is 10.3. The van der Waals surface area contributed by atoms with E-state index < -0.39 is 6.55 Å². The van der Waals surface area contributed by atoms with Crippen LogP contribution in [0, 0.1) is 0 Å². The molecule has 116 valence electrons. The zero-order chi connectivity index (χ0) is 15.8. The Morgan fingerprint density at radius 2 is 2.04 bits per heavy atom. The number of fused-ring (bicyclic) bond motifs is 2. The van der Waals surface area contributed by atoms with Crippen molar-refractivity contribution in [2.24, 2.45) is 0 Å². The van der Waals surface area contributed by atoms with E-state index in [-0.39, 0.29) is 0 Å². The molecule has 0 atom stereocenters. The summed E-state index contributed by atoms with van der Waals surface area (Å²) in [5, 5.41) is 3.67. The van der Waals surface area contributed by atoms with Gasteiger partial charge in [-0.2, -0.15) is 8.78 Å². The average Bonchev–Trinajstić information content (AvgIpc) is 3.16. The van der Waals surface area contributed by atoms with Crippen molar-refractivity contribution in [3.05, 3.63) is 47.9 Å². The first kappa shape index (κ1) is 14.5. The highest BCUT2D eigenvalue weighted by Gasteiger charge is 2.18. The molecule has 4 rings (SSSR count). The fraction of sp³-hybridized carbons (Fsp3) is 0.133. The molecule has 0 amide bonds. The van der Waals surface area contributed by atoms with Gasteiger partial charge in [-0.1, -0.05) is 23.9 Å². The second-order valence-corrected chi connectivity index (χ2v) is 6.63. The van der Waals surface area contributed by atoms with E-state index >= 15 is 0 Å². The van der Waals surface area contributed by atoms with Gasteiger partial charge in [0, 0.05) is 5.39 Å². The molecule has 0 unspecified atom stereocenters. The van der Waals surface area contributed by atoms with Gasteiger partial charge in [-0.3, -0.25) is 4.57 Å². The van der Waals surface area contributed by atoms with Gasteiger partial charge in [0.2, 0.25) is 0 Å². The van der Waals surface area contributed by atoms with Crippen LogP contribution in [-0.4, -0.2) is 19.5 Å². The maximum absolute atomic E-state index is 13.4. The molecule has 1 aromatic carbocycles. The third-order valence-corrected chi connectivity index (χ3v) is 5.25. The van der Waals surface area contributed by atoms with Gasteiger partial charge in [-0.25, -0.2) is 15.0 Å². The number of thioether (sulfide) groups is 1. The van der Waals surface area contributed by atoms with Crippen LogP contribution in [0.1, 0.15) is 12.4 Å². The zero-order valence-corrected chi connectivity index (χ0v) is 13.3. The van der Waals surface area contributed by atoms with E-state index in [0.29, 0.717) is 22.6 Å². The SMILES string of the molecule is FC(F)n1c(CSc2ncnc3sccc23)nc2ccccc21. The maximum atomic E-state index is 13.4. The monoisotopic (exact) mass is 348 g/mol. The molecule has 0 saturated carbocycles. The number of imidazole rings is 1. The van der Waals surface area contributed by atoms with Crippen LogP contribution in [0.4, 0.5) is 8.78 Å². The summed E-state index contributed by atoms with van der Waals surface area (Å²) >= 11 is 2.92. The Labute approximate surface area is 138 Å². The van der Waals surface area contributed by atoms with Crippen molar-refractivity contribution in [1.29, 1.82) is 0 Å². The van der Waals surface area contributed by atoms with Crippen LogP contribution in [0.3, 0.4) is 0 Å². The number of nitrogens with zero attached hydrogens (tertiary/aromatic N) is 4. The summed E-state index contributed by atoms with van der Waals surface area (Å²) < 4.78 is 27.8. The van der Waals surface area contributed by atoms with Crippen LogP contribution in [0.15, 0.2) is 47.1 Å². The molecule has 0 aliphatic rings. The molecule has 3 heterocycles. The normalized spacial score (nSPS) is 11.8. The van der Waals surface area contributed by atoms with Crippen LogP contribution in [0.2, 0.25) is 0 Å². The van der Waals surface area contributed by atoms with Gasteiger partial charge in [-0.15, -0.1) is 11.3 Å². The molecule has 0 saturated heterocycles. The molecule has 4 aromatic rings. The van der Waals surface area contributed by atoms with E-state index in [0.717, 1.165) is 19.8 Å². The zero-order valence-electron chi connectivity index (χ0n) is 11.7. The van der Waals surface area contributed by atoms with E-state index in [2.05, 4.69) is 15.0 Å². The molecule has 8 heteroatoms. The van der Waals surface area contributed by atoms with Crippen LogP contribution >= 0.6 is 23.1 Å². The Balaban J connectivity index is 1.70. The van der Waals surface area contributed by atoms with Crippen LogP contribution in [0.5, 0.6) is 0 Å². The van der Waals surface area contributed by atoms with Crippen molar-refractivity contribution in [1.82, 2.24) is 19.5 Å². The van der Waals surface area contributed by atoms with Crippen molar-refractivity contribution in [3.8, 4) is 0 Å². The molecule has 0 bridgehead atoms. The van der Waals surface area contributed by atoms with Gasteiger partial charge in [-0.05, 0) is 23.6 Å². The summed E-state index contributed by atoms with van der Waals surface area (Å²) in [6.07, 6.45) is 1.50. The van der Waals surface area contributed by atoms with Crippen molar-refractivity contribution in [2.75, 3.05) is 0 Å². The van der Waals surface area contributed by atoms with Gasteiger partial charge in [0.25, 0.3) is 0 Å². The fourth-order valence-corrected chi connectivity index (χ4v) is 4.14. The second kappa shape index (κ2) is 5.86. The highest BCUT2D eigenvalue weighted by Crippen LogP contribution is 2.31. The quantitative estimate of drug-likeness (QED) is 0.395. The van der Waals surface area contributed by atoms with E-state index in [9.17, 15) is 8.78 Å². The largest absolute Gasteiger partial charge is 0.320 e. The van der Waals surface area contributed by atoms with E-state index in [4.69, 9.17) is 0 Å². The lowest BCUT2D eigenvalue weighted by molar-refractivity contribution is 0.0722. The highest BCUT2D eigenvalue weighted by molar-refractivity contribution is 7.98. The van der Waals surface area contributed by atoms with Crippen molar-refractivity contribution in [2.45, 2.75) is 17.3 Å². The van der Waals surface area contributed by atoms with E-state index in [1.807, 2.05) is 11.4 Å². The molecule has 0 fully saturated rings. The first-order valence-corrected chi connectivity index (χ1v) is 8.65. The van der Waals surface area contributed by atoms with Gasteiger partial charge < -0.3 is 0 Å². The first-order chi connectivity index (χ1) is 11.2. The minimum atomic E-state index is -2.62. The first-order valence-electron chi connectivity index (χ1n) is 6.79. The van der Waals surface area contributed by atoms with Crippen molar-refractivity contribution < 1.29 is 8.78 Å². The number of aromatic nitrogens is 4. The predicted molar refractivity (Wildman–Crippen MR) is 88.0 cm³/mol. The summed E-state index contributed by atoms with van der Waals surface area (Å²) in [5.41, 5.74) is 1.02. The van der Waals surface area contributed by atoms with E-state index in [1.165, 1.54) is 29.4 Å². The molecule has 0 N–H and O–H groups in total. The van der Waals surface area contributed by atoms with Crippen LogP contribution in [-0.2, 0) is 5.75 Å². The number of hydrogen-bond acceptors (Lipinski definition) is 5. The van der Waals surface area contributed by atoms with Gasteiger partial charge in [0.05, 0.1) is 16.8 Å². The number of benzene rings is 1. The molecule has 0 aliphatic heterocycles. The second-order valence-electron chi connectivity index (χ2n) is 4.77. The Bertz CT molecular complexity index is 980. The van der Waals surface area contributed by atoms with E-state index in [1.54, 1.807) is 24.3 Å². The average molecular weight is 348 g/mol. The fourth-order valence-electron chi connectivity index (χ4n) is 2.43. The number of para-hydroxylation sites is 2. The summed E-state index contributed by atoms with van der Waals surface area (Å²) in [6, 6.07) is 8.87. The van der Waals surface area contributed by atoms with Crippen molar-refractivity contribution in [3.63, 3.8) is 0 Å². The van der Waals surface area contributed by atoms with Gasteiger partial charge in [0.15, 0.2) is 0 Å². The predicted octanol–water partition coefficient (Wildman–Crippen LogP) is 4.73. The summed E-state index contributed by atoms with van der Waals surface area (Å²) in [5.74, 6) is 0.661. The lowest BCUT2D eigenvalue weighted by Gasteiger charge is -2.07. The third-order valence-electron chi connectivity index (χ3n) is 3.43. The Morgan fingerprint density at radius 1 is 1.17 bits per heavy atom. The Hall–Kier alpha value is -2.06. The summed E-state index contributed by atoms with van der Waals surface area (Å²) in [6.45, 7) is -2.62. The standard InChI is InChI=1S/C15H10F2N4S2/c16-15(17)21-11-4-2-1-3-10(11)20-12(21)7-23-14-9-5-6-22-13(9)18-8-19-14/h1-6,8,15H,7H2. The van der Waals surface area contributed by atoms with Gasteiger partial charge in [0.1, 0.15) is 22.0 Å². The molecule has 0 spiro atoms. The maximum Gasteiger partial charge on any atom is 0.320 e. The topological polar surface area (TPSA) is 43.6 Å². The summed E-state index contributed by atoms with van der Waals surface area (Å²) in [4.78, 5) is 13.7. The number of rotatable bonds is 4. The molecule has 0 radical (unpaired) electrons. The molecular formula is C15H10F2N4S2. The molecule has 0 aliphatic carbocycles. The number of hydrogen-bond donors (Lipinski definition) is 0. The molecule has 3 aromatic heterocycles. The highest BCUT2D eigenvalue weighted by atomic mass is 32.2.